The number of anilines is 1. The highest BCUT2D eigenvalue weighted by atomic mass is 16.5. The molecule has 0 saturated carbocycles. The Morgan fingerprint density at radius 3 is 2.50 bits per heavy atom. The van der Waals surface area contributed by atoms with Crippen molar-refractivity contribution in [3.05, 3.63) is 119 Å². The van der Waals surface area contributed by atoms with Crippen LogP contribution < -0.4 is 10.1 Å². The molecule has 0 saturated heterocycles. The van der Waals surface area contributed by atoms with Gasteiger partial charge in [-0.15, -0.1) is 0 Å². The van der Waals surface area contributed by atoms with Gasteiger partial charge in [0.1, 0.15) is 18.1 Å². The highest BCUT2D eigenvalue weighted by Gasteiger charge is 2.33. The lowest BCUT2D eigenvalue weighted by Crippen LogP contribution is -2.42. The molecule has 1 atom stereocenters. The fourth-order valence-electron chi connectivity index (χ4n) is 4.81. The number of fused-ring (bicyclic) bond motifs is 1. The van der Waals surface area contributed by atoms with E-state index in [1.807, 2.05) is 80.3 Å². The number of amides is 2. The number of nitrogens with one attached hydrogen (secondary N) is 1. The number of carbonyl (C=O) groups is 2. The van der Waals surface area contributed by atoms with Crippen LogP contribution in [0, 0.1) is 12.8 Å². The van der Waals surface area contributed by atoms with Crippen LogP contribution in [0.5, 0.6) is 5.75 Å². The van der Waals surface area contributed by atoms with Crippen LogP contribution >= 0.6 is 0 Å². The van der Waals surface area contributed by atoms with Crippen molar-refractivity contribution in [3.63, 3.8) is 0 Å². The Labute approximate surface area is 223 Å². The van der Waals surface area contributed by atoms with Gasteiger partial charge in [-0.25, -0.2) is 0 Å². The number of furan rings is 1. The van der Waals surface area contributed by atoms with Gasteiger partial charge in [-0.3, -0.25) is 9.59 Å². The Morgan fingerprint density at radius 2 is 1.76 bits per heavy atom. The Bertz CT molecular complexity index is 1420. The molecule has 3 aromatic carbocycles. The van der Waals surface area contributed by atoms with Crippen LogP contribution in [0.2, 0.25) is 0 Å². The summed E-state index contributed by atoms with van der Waals surface area (Å²) < 4.78 is 11.8. The molecule has 38 heavy (non-hydrogen) atoms. The second kappa shape index (κ2) is 11.0. The summed E-state index contributed by atoms with van der Waals surface area (Å²) in [5.74, 6) is 1.20. The van der Waals surface area contributed by atoms with Crippen LogP contribution in [0.4, 0.5) is 5.69 Å². The third-order valence-electron chi connectivity index (χ3n) is 6.81. The molecule has 0 aliphatic carbocycles. The van der Waals surface area contributed by atoms with E-state index in [0.29, 0.717) is 23.7 Å². The second-order valence-electron chi connectivity index (χ2n) is 9.98. The van der Waals surface area contributed by atoms with E-state index < -0.39 is 0 Å². The Hall–Kier alpha value is -4.32. The molecule has 194 valence electrons. The second-order valence-corrected chi connectivity index (χ2v) is 9.98. The Morgan fingerprint density at radius 1 is 1.00 bits per heavy atom. The zero-order chi connectivity index (χ0) is 26.6. The van der Waals surface area contributed by atoms with Gasteiger partial charge in [0.15, 0.2) is 5.76 Å². The van der Waals surface area contributed by atoms with E-state index in [9.17, 15) is 9.59 Å². The SMILES string of the molecule is Cc1ccc(NC(=O)c2ccc(COc3ccc4c(c3)[C@H](c3ccccc3)N(C(=O)C(C)C)CC4)o2)cc1. The van der Waals surface area contributed by atoms with E-state index >= 15 is 0 Å². The van der Waals surface area contributed by atoms with Gasteiger partial charge in [-0.2, -0.15) is 0 Å². The molecule has 2 amide bonds. The maximum absolute atomic E-state index is 13.1. The standard InChI is InChI=1S/C32H32N2O4/c1-21(2)32(36)34-18-17-23-11-14-26(19-28(23)30(34)24-7-5-4-6-8-24)37-20-27-15-16-29(38-27)31(35)33-25-12-9-22(3)10-13-25/h4-16,19,21,30H,17-18,20H2,1-3H3,(H,33,35)/t30-/m0/s1. The predicted molar refractivity (Wildman–Crippen MR) is 147 cm³/mol. The number of nitrogens with zero attached hydrogens (tertiary/aromatic N) is 1. The summed E-state index contributed by atoms with van der Waals surface area (Å²) in [5.41, 5.74) is 5.20. The molecule has 0 unspecified atom stereocenters. The highest BCUT2D eigenvalue weighted by Crippen LogP contribution is 2.38. The summed E-state index contributed by atoms with van der Waals surface area (Å²) in [5, 5.41) is 2.84. The molecule has 0 fully saturated rings. The molecule has 0 radical (unpaired) electrons. The predicted octanol–water partition coefficient (Wildman–Crippen LogP) is 6.55. The summed E-state index contributed by atoms with van der Waals surface area (Å²) in [6.45, 7) is 6.75. The number of benzene rings is 3. The van der Waals surface area contributed by atoms with E-state index in [2.05, 4.69) is 23.5 Å². The quantitative estimate of drug-likeness (QED) is 0.307. The van der Waals surface area contributed by atoms with Crippen molar-refractivity contribution < 1.29 is 18.7 Å². The molecule has 1 aliphatic heterocycles. The fraction of sp³-hybridized carbons (Fsp3) is 0.250. The van der Waals surface area contributed by atoms with Gasteiger partial charge in [0.25, 0.3) is 5.91 Å². The van der Waals surface area contributed by atoms with E-state index in [1.165, 1.54) is 5.56 Å². The summed E-state index contributed by atoms with van der Waals surface area (Å²) >= 11 is 0. The van der Waals surface area contributed by atoms with E-state index in [1.54, 1.807) is 12.1 Å². The zero-order valence-electron chi connectivity index (χ0n) is 21.9. The monoisotopic (exact) mass is 508 g/mol. The fourth-order valence-corrected chi connectivity index (χ4v) is 4.81. The topological polar surface area (TPSA) is 71.8 Å². The number of hydrogen-bond donors (Lipinski definition) is 1. The molecule has 6 heteroatoms. The van der Waals surface area contributed by atoms with Gasteiger partial charge in [0.2, 0.25) is 5.91 Å². The van der Waals surface area contributed by atoms with Gasteiger partial charge < -0.3 is 19.4 Å². The lowest BCUT2D eigenvalue weighted by molar-refractivity contribution is -0.136. The molecule has 4 aromatic rings. The molecule has 5 rings (SSSR count). The molecule has 0 spiro atoms. The van der Waals surface area contributed by atoms with Crippen molar-refractivity contribution in [3.8, 4) is 5.75 Å². The summed E-state index contributed by atoms with van der Waals surface area (Å²) in [7, 11) is 0. The van der Waals surface area contributed by atoms with Crippen LogP contribution in [-0.4, -0.2) is 23.3 Å². The van der Waals surface area contributed by atoms with E-state index in [4.69, 9.17) is 9.15 Å². The Balaban J connectivity index is 1.32. The first-order chi connectivity index (χ1) is 18.4. The molecule has 2 heterocycles. The molecular formula is C32H32N2O4. The maximum atomic E-state index is 13.1. The van der Waals surface area contributed by atoms with Gasteiger partial charge >= 0.3 is 0 Å². The van der Waals surface area contributed by atoms with Gasteiger partial charge in [0.05, 0.1) is 6.04 Å². The number of ether oxygens (including phenoxy) is 1. The van der Waals surface area contributed by atoms with Gasteiger partial charge in [-0.1, -0.05) is 67.9 Å². The average molecular weight is 509 g/mol. The zero-order valence-corrected chi connectivity index (χ0v) is 21.9. The molecule has 0 bridgehead atoms. The van der Waals surface area contributed by atoms with Crippen LogP contribution in [-0.2, 0) is 17.8 Å². The average Bonchev–Trinajstić information content (AvgIpc) is 3.42. The van der Waals surface area contributed by atoms with Crippen molar-refractivity contribution in [2.75, 3.05) is 11.9 Å². The molecule has 1 N–H and O–H groups in total. The minimum absolute atomic E-state index is 0.0847. The van der Waals surface area contributed by atoms with Crippen molar-refractivity contribution in [2.24, 2.45) is 5.92 Å². The third kappa shape index (κ3) is 5.49. The first-order valence-electron chi connectivity index (χ1n) is 13.0. The van der Waals surface area contributed by atoms with Gasteiger partial charge in [0, 0.05) is 18.2 Å². The first kappa shape index (κ1) is 25.3. The number of carbonyl (C=O) groups excluding carboxylic acids is 2. The smallest absolute Gasteiger partial charge is 0.291 e. The number of rotatable bonds is 7. The minimum Gasteiger partial charge on any atom is -0.486 e. The van der Waals surface area contributed by atoms with Crippen molar-refractivity contribution >= 4 is 17.5 Å². The largest absolute Gasteiger partial charge is 0.486 e. The molecule has 6 nitrogen and oxygen atoms in total. The lowest BCUT2D eigenvalue weighted by Gasteiger charge is -2.39. The van der Waals surface area contributed by atoms with Crippen molar-refractivity contribution in [1.82, 2.24) is 4.90 Å². The first-order valence-corrected chi connectivity index (χ1v) is 13.0. The third-order valence-corrected chi connectivity index (χ3v) is 6.81. The van der Waals surface area contributed by atoms with Crippen LogP contribution in [0.3, 0.4) is 0 Å². The van der Waals surface area contributed by atoms with Crippen LogP contribution in [0.15, 0.2) is 89.3 Å². The maximum Gasteiger partial charge on any atom is 0.291 e. The lowest BCUT2D eigenvalue weighted by atomic mass is 9.87. The van der Waals surface area contributed by atoms with Crippen molar-refractivity contribution in [1.29, 1.82) is 0 Å². The van der Waals surface area contributed by atoms with Crippen LogP contribution in [0.1, 0.15) is 58.5 Å². The minimum atomic E-state index is -0.311. The molecular weight excluding hydrogens is 476 g/mol. The summed E-state index contributed by atoms with van der Waals surface area (Å²) in [6.07, 6.45) is 0.801. The number of aryl methyl sites for hydroxylation is 1. The van der Waals surface area contributed by atoms with E-state index in [-0.39, 0.29) is 36.1 Å². The molecule has 1 aromatic heterocycles. The van der Waals surface area contributed by atoms with Crippen LogP contribution in [0.25, 0.3) is 0 Å². The summed E-state index contributed by atoms with van der Waals surface area (Å²) in [6, 6.07) is 27.0. The number of hydrogen-bond acceptors (Lipinski definition) is 4. The van der Waals surface area contributed by atoms with Gasteiger partial charge in [-0.05, 0) is 66.4 Å². The normalized spacial score (nSPS) is 14.7. The molecule has 1 aliphatic rings. The highest BCUT2D eigenvalue weighted by molar-refractivity contribution is 6.02. The van der Waals surface area contributed by atoms with E-state index in [0.717, 1.165) is 23.1 Å². The Kier molecular flexibility index (Phi) is 7.31. The van der Waals surface area contributed by atoms with Crippen molar-refractivity contribution in [2.45, 2.75) is 39.8 Å². The summed E-state index contributed by atoms with van der Waals surface area (Å²) in [4.78, 5) is 27.7.